The topological polar surface area (TPSA) is 52.6 Å². The summed E-state index contributed by atoms with van der Waals surface area (Å²) in [4.78, 5) is 13.6. The van der Waals surface area contributed by atoms with Crippen LogP contribution in [0.3, 0.4) is 0 Å². The van der Waals surface area contributed by atoms with E-state index in [1.807, 2.05) is 18.2 Å². The molecule has 1 aliphatic heterocycles. The Labute approximate surface area is 129 Å². The van der Waals surface area contributed by atoms with E-state index in [2.05, 4.69) is 42.3 Å². The Balaban J connectivity index is 1.88. The van der Waals surface area contributed by atoms with Gasteiger partial charge in [0.25, 0.3) is 5.91 Å². The monoisotopic (exact) mass is 294 g/mol. The summed E-state index contributed by atoms with van der Waals surface area (Å²) < 4.78 is 0. The second-order valence-corrected chi connectivity index (χ2v) is 5.36. The molecule has 4 nitrogen and oxygen atoms in total. The predicted octanol–water partition coefficient (Wildman–Crippen LogP) is 3.44. The highest BCUT2D eigenvalue weighted by molar-refractivity contribution is 5.93. The highest BCUT2D eigenvalue weighted by Crippen LogP contribution is 2.33. The molecule has 2 aromatic rings. The van der Waals surface area contributed by atoms with E-state index in [0.29, 0.717) is 5.56 Å². The number of carbonyl (C=O) groups is 1. The Morgan fingerprint density at radius 2 is 1.91 bits per heavy atom. The number of nitrogens with one attached hydrogen (secondary N) is 1. The first-order valence-electron chi connectivity index (χ1n) is 7.28. The lowest BCUT2D eigenvalue weighted by atomic mass is 10.00. The number of hydroxylamine groups is 1. The van der Waals surface area contributed by atoms with Crippen LogP contribution in [-0.4, -0.2) is 11.1 Å². The van der Waals surface area contributed by atoms with E-state index in [9.17, 15) is 4.79 Å². The molecule has 112 valence electrons. The van der Waals surface area contributed by atoms with Gasteiger partial charge in [-0.15, -0.1) is 0 Å². The van der Waals surface area contributed by atoms with Gasteiger partial charge in [-0.25, -0.2) is 5.48 Å². The molecule has 0 aromatic heterocycles. The van der Waals surface area contributed by atoms with Crippen LogP contribution in [0.25, 0.3) is 0 Å². The van der Waals surface area contributed by atoms with E-state index < -0.39 is 5.91 Å². The molecule has 0 saturated heterocycles. The first-order chi connectivity index (χ1) is 10.7. The summed E-state index contributed by atoms with van der Waals surface area (Å²) in [6.45, 7) is 2.13. The van der Waals surface area contributed by atoms with Gasteiger partial charge in [-0.3, -0.25) is 10.0 Å². The van der Waals surface area contributed by atoms with Crippen LogP contribution in [0.1, 0.15) is 34.5 Å². The fourth-order valence-corrected chi connectivity index (χ4v) is 2.78. The zero-order valence-corrected chi connectivity index (χ0v) is 12.4. The van der Waals surface area contributed by atoms with Crippen LogP contribution in [0, 0.1) is 0 Å². The van der Waals surface area contributed by atoms with Crippen molar-refractivity contribution in [3.05, 3.63) is 77.5 Å². The highest BCUT2D eigenvalue weighted by atomic mass is 16.5. The second kappa shape index (κ2) is 6.03. The Bertz CT molecular complexity index is 707. The smallest absolute Gasteiger partial charge is 0.274 e. The highest BCUT2D eigenvalue weighted by Gasteiger charge is 2.19. The maximum atomic E-state index is 11.4. The van der Waals surface area contributed by atoms with Gasteiger partial charge in [-0.2, -0.15) is 0 Å². The quantitative estimate of drug-likeness (QED) is 0.673. The Morgan fingerprint density at radius 1 is 1.18 bits per heavy atom. The van der Waals surface area contributed by atoms with Gasteiger partial charge in [0.15, 0.2) is 0 Å². The van der Waals surface area contributed by atoms with Crippen LogP contribution in [0.5, 0.6) is 0 Å². The molecule has 4 heteroatoms. The molecule has 0 bridgehead atoms. The average Bonchev–Trinajstić information content (AvgIpc) is 2.60. The summed E-state index contributed by atoms with van der Waals surface area (Å²) in [7, 11) is 0. The minimum atomic E-state index is -0.498. The predicted molar refractivity (Wildman–Crippen MR) is 85.9 cm³/mol. The van der Waals surface area contributed by atoms with E-state index in [1.165, 1.54) is 11.3 Å². The van der Waals surface area contributed by atoms with E-state index in [1.54, 1.807) is 17.6 Å². The van der Waals surface area contributed by atoms with Gasteiger partial charge in [-0.1, -0.05) is 36.4 Å². The number of fused-ring (bicyclic) bond motifs is 1. The van der Waals surface area contributed by atoms with Gasteiger partial charge < -0.3 is 4.90 Å². The summed E-state index contributed by atoms with van der Waals surface area (Å²) in [5.74, 6) is -0.498. The van der Waals surface area contributed by atoms with Crippen molar-refractivity contribution < 1.29 is 10.0 Å². The van der Waals surface area contributed by atoms with Crippen molar-refractivity contribution in [1.29, 1.82) is 0 Å². The van der Waals surface area contributed by atoms with E-state index in [4.69, 9.17) is 5.21 Å². The molecular weight excluding hydrogens is 276 g/mol. The van der Waals surface area contributed by atoms with Crippen molar-refractivity contribution in [1.82, 2.24) is 5.48 Å². The maximum absolute atomic E-state index is 11.4. The van der Waals surface area contributed by atoms with Crippen molar-refractivity contribution in [2.24, 2.45) is 0 Å². The number of rotatable bonds is 3. The first kappa shape index (κ1) is 14.4. The second-order valence-electron chi connectivity index (χ2n) is 5.36. The molecule has 22 heavy (non-hydrogen) atoms. The van der Waals surface area contributed by atoms with Crippen LogP contribution < -0.4 is 10.4 Å². The molecule has 0 spiro atoms. The SMILES string of the molecule is CC(c1ccc(C(=O)NO)cc1)N1C=CCc2ccccc21. The number of hydrogen-bond acceptors (Lipinski definition) is 3. The van der Waals surface area contributed by atoms with Crippen molar-refractivity contribution in [2.45, 2.75) is 19.4 Å². The fourth-order valence-electron chi connectivity index (χ4n) is 2.78. The molecule has 1 aliphatic rings. The number of para-hydroxylation sites is 1. The maximum Gasteiger partial charge on any atom is 0.274 e. The molecule has 2 aromatic carbocycles. The molecule has 0 radical (unpaired) electrons. The lowest BCUT2D eigenvalue weighted by molar-refractivity contribution is 0.0706. The van der Waals surface area contributed by atoms with Gasteiger partial charge in [-0.05, 0) is 42.7 Å². The lowest BCUT2D eigenvalue weighted by Gasteiger charge is -2.32. The third-order valence-corrected chi connectivity index (χ3v) is 4.05. The van der Waals surface area contributed by atoms with Crippen LogP contribution in [0.15, 0.2) is 60.8 Å². The van der Waals surface area contributed by atoms with Gasteiger partial charge in [0, 0.05) is 17.5 Å². The van der Waals surface area contributed by atoms with Crippen molar-refractivity contribution in [3.8, 4) is 0 Å². The normalized spacial score (nSPS) is 14.4. The third kappa shape index (κ3) is 2.61. The summed E-state index contributed by atoms with van der Waals surface area (Å²) in [5.41, 5.74) is 5.72. The number of nitrogens with zero attached hydrogens (tertiary/aromatic N) is 1. The number of anilines is 1. The van der Waals surface area contributed by atoms with Crippen LogP contribution in [0.2, 0.25) is 0 Å². The lowest BCUT2D eigenvalue weighted by Crippen LogP contribution is -2.24. The van der Waals surface area contributed by atoms with Crippen LogP contribution in [-0.2, 0) is 6.42 Å². The van der Waals surface area contributed by atoms with Gasteiger partial charge in [0.2, 0.25) is 0 Å². The molecule has 1 unspecified atom stereocenters. The molecule has 0 fully saturated rings. The van der Waals surface area contributed by atoms with Crippen molar-refractivity contribution in [3.63, 3.8) is 0 Å². The Morgan fingerprint density at radius 3 is 2.64 bits per heavy atom. The van der Waals surface area contributed by atoms with E-state index >= 15 is 0 Å². The van der Waals surface area contributed by atoms with Crippen molar-refractivity contribution in [2.75, 3.05) is 4.90 Å². The van der Waals surface area contributed by atoms with Crippen molar-refractivity contribution >= 4 is 11.6 Å². The third-order valence-electron chi connectivity index (χ3n) is 4.05. The summed E-state index contributed by atoms with van der Waals surface area (Å²) >= 11 is 0. The number of benzene rings is 2. The molecule has 2 N–H and O–H groups in total. The van der Waals surface area contributed by atoms with E-state index in [-0.39, 0.29) is 6.04 Å². The van der Waals surface area contributed by atoms with Crippen LogP contribution >= 0.6 is 0 Å². The largest absolute Gasteiger partial charge is 0.341 e. The van der Waals surface area contributed by atoms with Gasteiger partial charge >= 0.3 is 0 Å². The zero-order chi connectivity index (χ0) is 15.5. The molecular formula is C18H18N2O2. The van der Waals surface area contributed by atoms with E-state index in [0.717, 1.165) is 12.0 Å². The van der Waals surface area contributed by atoms with Crippen LogP contribution in [0.4, 0.5) is 5.69 Å². The molecule has 0 saturated carbocycles. The molecule has 3 rings (SSSR count). The molecule has 0 aliphatic carbocycles. The van der Waals surface area contributed by atoms with Gasteiger partial charge in [0.05, 0.1) is 6.04 Å². The zero-order valence-electron chi connectivity index (χ0n) is 12.4. The fraction of sp³-hybridized carbons (Fsp3) is 0.167. The molecule has 1 heterocycles. The average molecular weight is 294 g/mol. The summed E-state index contributed by atoms with van der Waals surface area (Å²) in [5, 5.41) is 8.66. The minimum absolute atomic E-state index is 0.156. The minimum Gasteiger partial charge on any atom is -0.341 e. The van der Waals surface area contributed by atoms with Gasteiger partial charge in [0.1, 0.15) is 0 Å². The molecule has 1 amide bonds. The Kier molecular flexibility index (Phi) is 3.94. The number of hydrogen-bond donors (Lipinski definition) is 2. The first-order valence-corrected chi connectivity index (χ1v) is 7.28. The number of allylic oxidation sites excluding steroid dienone is 1. The molecule has 1 atom stereocenters. The summed E-state index contributed by atoms with van der Waals surface area (Å²) in [6.07, 6.45) is 5.22. The number of carbonyl (C=O) groups excluding carboxylic acids is 1. The summed E-state index contributed by atoms with van der Waals surface area (Å²) in [6, 6.07) is 15.8. The number of amides is 1. The Hall–Kier alpha value is -2.59. The standard InChI is InChI=1S/C18H18N2O2/c1-13(14-8-10-16(11-9-14)18(21)19-22)20-12-4-6-15-5-2-3-7-17(15)20/h2-5,7-13,22H,6H2,1H3,(H,19,21).